The summed E-state index contributed by atoms with van der Waals surface area (Å²) in [7, 11) is 0. The minimum Gasteiger partial charge on any atom is -0.454 e. The minimum absolute atomic E-state index is 0.0568. The van der Waals surface area contributed by atoms with Gasteiger partial charge >= 0.3 is 6.03 Å². The number of ether oxygens (including phenoxy) is 2. The van der Waals surface area contributed by atoms with Crippen molar-refractivity contribution in [3.05, 3.63) is 41.9 Å². The molecule has 1 unspecified atom stereocenters. The Morgan fingerprint density at radius 2 is 1.93 bits per heavy atom. The predicted molar refractivity (Wildman–Crippen MR) is 100 cm³/mol. The molecule has 2 aliphatic rings. The normalized spacial score (nSPS) is 17.0. The average Bonchev–Trinajstić information content (AvgIpc) is 3.16. The molecule has 0 aliphatic carbocycles. The van der Waals surface area contributed by atoms with Gasteiger partial charge in [0, 0.05) is 32.4 Å². The standard InChI is InChI=1S/C19H23N5O3/c1-13(15-3-4-16-17(11-15)27-12-26-16)21-19(25)24-9-7-23(8-10-24)18-5-6-20-14(2)22-18/h3-6,11,13H,7-10,12H2,1-2H3,(H,21,25). The number of rotatable bonds is 3. The van der Waals surface area contributed by atoms with Gasteiger partial charge in [-0.3, -0.25) is 0 Å². The molecule has 1 aromatic heterocycles. The van der Waals surface area contributed by atoms with Crippen LogP contribution in [0, 0.1) is 6.92 Å². The van der Waals surface area contributed by atoms with E-state index in [1.54, 1.807) is 6.20 Å². The molecule has 0 spiro atoms. The monoisotopic (exact) mass is 369 g/mol. The highest BCUT2D eigenvalue weighted by Crippen LogP contribution is 2.34. The highest BCUT2D eigenvalue weighted by Gasteiger charge is 2.24. The maximum Gasteiger partial charge on any atom is 0.317 e. The highest BCUT2D eigenvalue weighted by atomic mass is 16.7. The molecule has 1 saturated heterocycles. The lowest BCUT2D eigenvalue weighted by Gasteiger charge is -2.36. The van der Waals surface area contributed by atoms with Crippen LogP contribution < -0.4 is 19.7 Å². The van der Waals surface area contributed by atoms with E-state index in [9.17, 15) is 4.79 Å². The van der Waals surface area contributed by atoms with Gasteiger partial charge in [0.05, 0.1) is 6.04 Å². The molecular weight excluding hydrogens is 346 g/mol. The van der Waals surface area contributed by atoms with E-state index in [2.05, 4.69) is 20.2 Å². The summed E-state index contributed by atoms with van der Waals surface area (Å²) in [6, 6.07) is 7.48. The van der Waals surface area contributed by atoms with Gasteiger partial charge < -0.3 is 24.6 Å². The fraction of sp³-hybridized carbons (Fsp3) is 0.421. The van der Waals surface area contributed by atoms with Gasteiger partial charge in [-0.15, -0.1) is 0 Å². The van der Waals surface area contributed by atoms with Crippen LogP contribution in [0.5, 0.6) is 11.5 Å². The third-order valence-electron chi connectivity index (χ3n) is 4.89. The van der Waals surface area contributed by atoms with Gasteiger partial charge in [0.1, 0.15) is 11.6 Å². The summed E-state index contributed by atoms with van der Waals surface area (Å²) in [4.78, 5) is 25.2. The number of nitrogens with one attached hydrogen (secondary N) is 1. The van der Waals surface area contributed by atoms with Crippen LogP contribution in [-0.2, 0) is 0 Å². The SMILES string of the molecule is Cc1nccc(N2CCN(C(=O)NC(C)c3ccc4c(c3)OCO4)CC2)n1. The number of carbonyl (C=O) groups is 1. The summed E-state index contributed by atoms with van der Waals surface area (Å²) in [5.74, 6) is 3.14. The molecule has 3 heterocycles. The Morgan fingerprint density at radius 3 is 2.70 bits per heavy atom. The third-order valence-corrected chi connectivity index (χ3v) is 4.89. The Kier molecular flexibility index (Phi) is 4.70. The van der Waals surface area contributed by atoms with Gasteiger partial charge in [0.2, 0.25) is 6.79 Å². The maximum absolute atomic E-state index is 12.6. The molecule has 142 valence electrons. The Morgan fingerprint density at radius 1 is 1.15 bits per heavy atom. The Hall–Kier alpha value is -3.03. The number of amides is 2. The lowest BCUT2D eigenvalue weighted by Crippen LogP contribution is -2.52. The van der Waals surface area contributed by atoms with Crippen LogP contribution in [-0.4, -0.2) is 53.9 Å². The molecule has 1 atom stereocenters. The Labute approximate surface area is 158 Å². The van der Waals surface area contributed by atoms with Crippen LogP contribution in [0.3, 0.4) is 0 Å². The largest absolute Gasteiger partial charge is 0.454 e. The number of nitrogens with zero attached hydrogens (tertiary/aromatic N) is 4. The van der Waals surface area contributed by atoms with Gasteiger partial charge in [-0.1, -0.05) is 6.07 Å². The molecule has 2 aliphatic heterocycles. The second kappa shape index (κ2) is 7.30. The molecule has 0 radical (unpaired) electrons. The van der Waals surface area contributed by atoms with Gasteiger partial charge in [-0.25, -0.2) is 14.8 Å². The smallest absolute Gasteiger partial charge is 0.317 e. The van der Waals surface area contributed by atoms with Crippen molar-refractivity contribution in [3.8, 4) is 11.5 Å². The predicted octanol–water partition coefficient (Wildman–Crippen LogP) is 2.11. The summed E-state index contributed by atoms with van der Waals surface area (Å²) in [5.41, 5.74) is 0.989. The molecule has 27 heavy (non-hydrogen) atoms. The molecule has 0 bridgehead atoms. The number of urea groups is 1. The first-order valence-electron chi connectivity index (χ1n) is 9.10. The number of carbonyl (C=O) groups excluding carboxylic acids is 1. The number of hydrogen-bond donors (Lipinski definition) is 1. The summed E-state index contributed by atoms with van der Waals surface area (Å²) < 4.78 is 10.7. The molecule has 4 rings (SSSR count). The van der Waals surface area contributed by atoms with E-state index in [0.717, 1.165) is 41.8 Å². The zero-order valence-corrected chi connectivity index (χ0v) is 15.5. The Bertz CT molecular complexity index is 836. The minimum atomic E-state index is -0.116. The van der Waals surface area contributed by atoms with Crippen molar-refractivity contribution in [2.75, 3.05) is 37.9 Å². The highest BCUT2D eigenvalue weighted by molar-refractivity contribution is 5.75. The second-order valence-electron chi connectivity index (χ2n) is 6.72. The number of fused-ring (bicyclic) bond motifs is 1. The summed E-state index contributed by atoms with van der Waals surface area (Å²) in [6.45, 7) is 6.91. The quantitative estimate of drug-likeness (QED) is 0.893. The number of benzene rings is 1. The topological polar surface area (TPSA) is 79.8 Å². The van der Waals surface area contributed by atoms with Crippen LogP contribution in [0.4, 0.5) is 10.6 Å². The number of hydrogen-bond acceptors (Lipinski definition) is 6. The van der Waals surface area contributed by atoms with E-state index in [0.29, 0.717) is 13.1 Å². The molecular formula is C19H23N5O3. The van der Waals surface area contributed by atoms with E-state index in [1.807, 2.05) is 43.0 Å². The molecule has 2 amide bonds. The average molecular weight is 369 g/mol. The van der Waals surface area contributed by atoms with Crippen molar-refractivity contribution in [1.82, 2.24) is 20.2 Å². The zero-order chi connectivity index (χ0) is 18.8. The van der Waals surface area contributed by atoms with Crippen LogP contribution in [0.2, 0.25) is 0 Å². The third kappa shape index (κ3) is 3.74. The molecule has 2 aromatic rings. The van der Waals surface area contributed by atoms with E-state index < -0.39 is 0 Å². The number of aryl methyl sites for hydroxylation is 1. The molecule has 8 heteroatoms. The van der Waals surface area contributed by atoms with Crippen molar-refractivity contribution in [2.24, 2.45) is 0 Å². The van der Waals surface area contributed by atoms with E-state index in [1.165, 1.54) is 0 Å². The van der Waals surface area contributed by atoms with Crippen LogP contribution in [0.15, 0.2) is 30.5 Å². The van der Waals surface area contributed by atoms with E-state index in [-0.39, 0.29) is 18.9 Å². The van der Waals surface area contributed by atoms with Crippen LogP contribution in [0.25, 0.3) is 0 Å². The lowest BCUT2D eigenvalue weighted by molar-refractivity contribution is 0.174. The van der Waals surface area contributed by atoms with Crippen molar-refractivity contribution in [2.45, 2.75) is 19.9 Å². The molecule has 1 aromatic carbocycles. The molecule has 1 N–H and O–H groups in total. The maximum atomic E-state index is 12.6. The second-order valence-corrected chi connectivity index (χ2v) is 6.72. The van der Waals surface area contributed by atoms with Gasteiger partial charge in [-0.2, -0.15) is 0 Å². The molecule has 8 nitrogen and oxygen atoms in total. The van der Waals surface area contributed by atoms with Crippen LogP contribution >= 0.6 is 0 Å². The molecule has 1 fully saturated rings. The van der Waals surface area contributed by atoms with E-state index >= 15 is 0 Å². The van der Waals surface area contributed by atoms with Crippen molar-refractivity contribution in [3.63, 3.8) is 0 Å². The number of anilines is 1. The summed E-state index contributed by atoms with van der Waals surface area (Å²) >= 11 is 0. The zero-order valence-electron chi connectivity index (χ0n) is 15.5. The number of piperazine rings is 1. The molecule has 0 saturated carbocycles. The fourth-order valence-electron chi connectivity index (χ4n) is 3.30. The van der Waals surface area contributed by atoms with Crippen molar-refractivity contribution < 1.29 is 14.3 Å². The van der Waals surface area contributed by atoms with Gasteiger partial charge in [0.25, 0.3) is 0 Å². The number of aromatic nitrogens is 2. The van der Waals surface area contributed by atoms with Crippen molar-refractivity contribution >= 4 is 11.8 Å². The summed E-state index contributed by atoms with van der Waals surface area (Å²) in [5, 5.41) is 3.07. The first-order chi connectivity index (χ1) is 13.1. The fourth-order valence-corrected chi connectivity index (χ4v) is 3.30. The Balaban J connectivity index is 1.33. The first-order valence-corrected chi connectivity index (χ1v) is 9.10. The van der Waals surface area contributed by atoms with E-state index in [4.69, 9.17) is 9.47 Å². The summed E-state index contributed by atoms with van der Waals surface area (Å²) in [6.07, 6.45) is 1.77. The van der Waals surface area contributed by atoms with Crippen LogP contribution in [0.1, 0.15) is 24.4 Å². The van der Waals surface area contributed by atoms with Gasteiger partial charge in [-0.05, 0) is 37.6 Å². The van der Waals surface area contributed by atoms with Crippen molar-refractivity contribution in [1.29, 1.82) is 0 Å². The lowest BCUT2D eigenvalue weighted by atomic mass is 10.1. The van der Waals surface area contributed by atoms with Gasteiger partial charge in [0.15, 0.2) is 11.5 Å². The first kappa shape index (κ1) is 17.4.